The minimum atomic E-state index is -0.898. The van der Waals surface area contributed by atoms with Gasteiger partial charge < -0.3 is 15.3 Å². The second-order valence-corrected chi connectivity index (χ2v) is 6.25. The van der Waals surface area contributed by atoms with Crippen LogP contribution in [0.5, 0.6) is 0 Å². The number of carboxylic acid groups (broad SMARTS) is 1. The van der Waals surface area contributed by atoms with Gasteiger partial charge in [-0.1, -0.05) is 45.0 Å². The summed E-state index contributed by atoms with van der Waals surface area (Å²) in [6.07, 6.45) is 0.790. The lowest BCUT2D eigenvalue weighted by Crippen LogP contribution is -2.47. The van der Waals surface area contributed by atoms with E-state index in [1.807, 2.05) is 52.0 Å². The van der Waals surface area contributed by atoms with E-state index in [4.69, 9.17) is 5.11 Å². The zero-order chi connectivity index (χ0) is 17.4. The van der Waals surface area contributed by atoms with Crippen molar-refractivity contribution < 1.29 is 14.7 Å². The third-order valence-electron chi connectivity index (χ3n) is 3.91. The minimum Gasteiger partial charge on any atom is -0.481 e. The molecular weight excluding hydrogens is 292 g/mol. The first-order valence-corrected chi connectivity index (χ1v) is 8.16. The molecule has 0 aliphatic heterocycles. The first-order chi connectivity index (χ1) is 10.8. The molecule has 0 aromatic heterocycles. The molecule has 5 nitrogen and oxygen atoms in total. The van der Waals surface area contributed by atoms with Gasteiger partial charge in [0, 0.05) is 19.1 Å². The number of nitrogens with zero attached hydrogens (tertiary/aromatic N) is 1. The average molecular weight is 320 g/mol. The Morgan fingerprint density at radius 3 is 2.43 bits per heavy atom. The van der Waals surface area contributed by atoms with Crippen molar-refractivity contribution in [3.63, 3.8) is 0 Å². The summed E-state index contributed by atoms with van der Waals surface area (Å²) < 4.78 is 0. The number of aryl methyl sites for hydroxylation is 1. The molecule has 2 N–H and O–H groups in total. The highest BCUT2D eigenvalue weighted by Gasteiger charge is 2.22. The largest absolute Gasteiger partial charge is 0.481 e. The summed E-state index contributed by atoms with van der Waals surface area (Å²) >= 11 is 0. The maximum atomic E-state index is 12.6. The van der Waals surface area contributed by atoms with Gasteiger partial charge in [0.15, 0.2) is 0 Å². The van der Waals surface area contributed by atoms with Crippen LogP contribution in [0.25, 0.3) is 0 Å². The number of carbonyl (C=O) groups excluding carboxylic acids is 1. The summed E-state index contributed by atoms with van der Waals surface area (Å²) in [6.45, 7) is 9.05. The molecule has 0 aliphatic rings. The van der Waals surface area contributed by atoms with Gasteiger partial charge >= 0.3 is 12.0 Å². The van der Waals surface area contributed by atoms with E-state index < -0.39 is 5.97 Å². The third-order valence-corrected chi connectivity index (χ3v) is 3.91. The molecule has 128 valence electrons. The van der Waals surface area contributed by atoms with E-state index in [0.29, 0.717) is 13.1 Å². The van der Waals surface area contributed by atoms with E-state index in [1.165, 1.54) is 0 Å². The highest BCUT2D eigenvalue weighted by atomic mass is 16.4. The Morgan fingerprint density at radius 2 is 1.91 bits per heavy atom. The zero-order valence-corrected chi connectivity index (χ0v) is 14.5. The van der Waals surface area contributed by atoms with Crippen molar-refractivity contribution in [3.8, 4) is 0 Å². The first-order valence-electron chi connectivity index (χ1n) is 8.16. The van der Waals surface area contributed by atoms with Gasteiger partial charge in [0.25, 0.3) is 0 Å². The Balaban J connectivity index is 2.81. The number of rotatable bonds is 8. The molecule has 5 heteroatoms. The fraction of sp³-hybridized carbons (Fsp3) is 0.556. The number of aliphatic carboxylic acids is 1. The van der Waals surface area contributed by atoms with Crippen LogP contribution in [0, 0.1) is 12.8 Å². The quantitative estimate of drug-likeness (QED) is 0.771. The SMILES string of the molecule is CCCN(Cc1ccccc1C)C(=O)N[C@@H](CC(=O)O)C(C)C. The van der Waals surface area contributed by atoms with E-state index in [-0.39, 0.29) is 24.4 Å². The second-order valence-electron chi connectivity index (χ2n) is 6.25. The van der Waals surface area contributed by atoms with Gasteiger partial charge in [0.2, 0.25) is 0 Å². The van der Waals surface area contributed by atoms with Crippen LogP contribution >= 0.6 is 0 Å². The third kappa shape index (κ3) is 6.30. The molecule has 1 rings (SSSR count). The van der Waals surface area contributed by atoms with Crippen LogP contribution in [0.1, 0.15) is 44.7 Å². The van der Waals surface area contributed by atoms with Gasteiger partial charge in [-0.3, -0.25) is 4.79 Å². The summed E-state index contributed by atoms with van der Waals surface area (Å²) in [5.41, 5.74) is 2.25. The van der Waals surface area contributed by atoms with E-state index in [2.05, 4.69) is 5.32 Å². The Bertz CT molecular complexity index is 529. The van der Waals surface area contributed by atoms with Gasteiger partial charge in [-0.15, -0.1) is 0 Å². The minimum absolute atomic E-state index is 0.0618. The van der Waals surface area contributed by atoms with Crippen LogP contribution in [-0.4, -0.2) is 34.6 Å². The van der Waals surface area contributed by atoms with E-state index >= 15 is 0 Å². The fourth-order valence-corrected chi connectivity index (χ4v) is 2.41. The summed E-state index contributed by atoms with van der Waals surface area (Å²) in [4.78, 5) is 25.3. The number of carboxylic acids is 1. The maximum absolute atomic E-state index is 12.6. The van der Waals surface area contributed by atoms with Crippen LogP contribution < -0.4 is 5.32 Å². The number of amides is 2. The molecule has 0 fully saturated rings. The van der Waals surface area contributed by atoms with Crippen LogP contribution in [0.2, 0.25) is 0 Å². The zero-order valence-electron chi connectivity index (χ0n) is 14.5. The molecule has 0 heterocycles. The predicted molar refractivity (Wildman–Crippen MR) is 91.3 cm³/mol. The Labute approximate surface area is 138 Å². The lowest BCUT2D eigenvalue weighted by molar-refractivity contribution is -0.137. The highest BCUT2D eigenvalue weighted by molar-refractivity contribution is 5.76. The Morgan fingerprint density at radius 1 is 1.26 bits per heavy atom. The number of hydrogen-bond acceptors (Lipinski definition) is 2. The summed E-state index contributed by atoms with van der Waals surface area (Å²) in [7, 11) is 0. The molecule has 1 aromatic rings. The van der Waals surface area contributed by atoms with Crippen LogP contribution in [0.3, 0.4) is 0 Å². The molecule has 0 saturated heterocycles. The predicted octanol–water partition coefficient (Wildman–Crippen LogP) is 3.42. The molecular formula is C18H28N2O3. The molecule has 1 aromatic carbocycles. The molecule has 23 heavy (non-hydrogen) atoms. The maximum Gasteiger partial charge on any atom is 0.317 e. The van der Waals surface area contributed by atoms with Crippen LogP contribution in [0.15, 0.2) is 24.3 Å². The molecule has 0 spiro atoms. The van der Waals surface area contributed by atoms with Crippen molar-refractivity contribution in [2.45, 2.75) is 53.1 Å². The lowest BCUT2D eigenvalue weighted by atomic mass is 10.0. The van der Waals surface area contributed by atoms with Crippen molar-refractivity contribution >= 4 is 12.0 Å². The number of nitrogens with one attached hydrogen (secondary N) is 1. The molecule has 0 aliphatic carbocycles. The Kier molecular flexibility index (Phi) is 7.59. The summed E-state index contributed by atoms with van der Waals surface area (Å²) in [5, 5.41) is 11.9. The molecule has 1 atom stereocenters. The molecule has 0 saturated carbocycles. The van der Waals surface area contributed by atoms with Gasteiger partial charge in [0.1, 0.15) is 0 Å². The number of hydrogen-bond donors (Lipinski definition) is 2. The first kappa shape index (κ1) is 19.0. The van der Waals surface area contributed by atoms with E-state index in [1.54, 1.807) is 4.90 Å². The molecule has 0 unspecified atom stereocenters. The topological polar surface area (TPSA) is 69.6 Å². The van der Waals surface area contributed by atoms with Crippen molar-refractivity contribution in [2.24, 2.45) is 5.92 Å². The standard InChI is InChI=1S/C18H28N2O3/c1-5-10-20(12-15-9-7-6-8-14(15)4)18(23)19-16(13(2)3)11-17(21)22/h6-9,13,16H,5,10-12H2,1-4H3,(H,19,23)(H,21,22)/t16-/m0/s1. The van der Waals surface area contributed by atoms with Crippen molar-refractivity contribution in [3.05, 3.63) is 35.4 Å². The van der Waals surface area contributed by atoms with Crippen molar-refractivity contribution in [2.75, 3.05) is 6.54 Å². The van der Waals surface area contributed by atoms with Gasteiger partial charge in [0.05, 0.1) is 6.42 Å². The highest BCUT2D eigenvalue weighted by Crippen LogP contribution is 2.13. The van der Waals surface area contributed by atoms with E-state index in [9.17, 15) is 9.59 Å². The van der Waals surface area contributed by atoms with Crippen LogP contribution in [-0.2, 0) is 11.3 Å². The fourth-order valence-electron chi connectivity index (χ4n) is 2.41. The second kappa shape index (κ2) is 9.18. The number of benzene rings is 1. The van der Waals surface area contributed by atoms with E-state index in [0.717, 1.165) is 17.5 Å². The van der Waals surface area contributed by atoms with Gasteiger partial charge in [-0.2, -0.15) is 0 Å². The lowest BCUT2D eigenvalue weighted by Gasteiger charge is -2.28. The molecule has 0 bridgehead atoms. The monoisotopic (exact) mass is 320 g/mol. The number of carbonyl (C=O) groups is 2. The normalized spacial score (nSPS) is 12.0. The smallest absolute Gasteiger partial charge is 0.317 e. The van der Waals surface area contributed by atoms with Gasteiger partial charge in [-0.05, 0) is 30.4 Å². The van der Waals surface area contributed by atoms with Crippen LogP contribution in [0.4, 0.5) is 4.79 Å². The summed E-state index contributed by atoms with van der Waals surface area (Å²) in [5.74, 6) is -0.832. The molecule has 2 amide bonds. The average Bonchev–Trinajstić information content (AvgIpc) is 2.47. The summed E-state index contributed by atoms with van der Waals surface area (Å²) in [6, 6.07) is 7.42. The van der Waals surface area contributed by atoms with Crippen molar-refractivity contribution in [1.29, 1.82) is 0 Å². The van der Waals surface area contributed by atoms with Gasteiger partial charge in [-0.25, -0.2) is 4.79 Å². The number of urea groups is 1. The Hall–Kier alpha value is -2.04. The molecule has 0 radical (unpaired) electrons. The van der Waals surface area contributed by atoms with Crippen molar-refractivity contribution in [1.82, 2.24) is 10.2 Å².